The van der Waals surface area contributed by atoms with Crippen LogP contribution in [0.25, 0.3) is 0 Å². The first-order valence-electron chi connectivity index (χ1n) is 9.82. The Morgan fingerprint density at radius 1 is 0.774 bits per heavy atom. The molecule has 0 radical (unpaired) electrons. The number of thiol groups is 1. The molecule has 2 rings (SSSR count). The molecule has 9 heteroatoms. The van der Waals surface area contributed by atoms with Crippen molar-refractivity contribution in [2.24, 2.45) is 0 Å². The van der Waals surface area contributed by atoms with Crippen LogP contribution >= 0.6 is 12.9 Å². The summed E-state index contributed by atoms with van der Waals surface area (Å²) >= 11 is 3.62. The average molecular weight is 451 g/mol. The van der Waals surface area contributed by atoms with Gasteiger partial charge in [0.2, 0.25) is 0 Å². The van der Waals surface area contributed by atoms with Crippen molar-refractivity contribution in [3.8, 4) is 23.0 Å². The Bertz CT molecular complexity index is 812. The maximum Gasteiger partial charge on any atom is 0.338 e. The maximum absolute atomic E-state index is 12.0. The fourth-order valence-corrected chi connectivity index (χ4v) is 2.90. The van der Waals surface area contributed by atoms with Crippen LogP contribution < -0.4 is 8.92 Å². The molecule has 168 valence electrons. The lowest BCUT2D eigenvalue weighted by molar-refractivity contribution is 0.0495. The SMILES string of the molecule is COc1cc(C(=O)OCCCCCCCOC(=O)c2ccc(O)c(OS)c2)ccc1O. The van der Waals surface area contributed by atoms with Gasteiger partial charge in [-0.05, 0) is 43.2 Å². The number of unbranched alkanes of at least 4 members (excludes halogenated alkanes) is 4. The van der Waals surface area contributed by atoms with E-state index < -0.39 is 11.9 Å². The molecule has 0 aromatic heterocycles. The molecule has 0 aliphatic carbocycles. The molecule has 2 aromatic rings. The number of carbonyl (C=O) groups is 2. The molecule has 8 nitrogen and oxygen atoms in total. The van der Waals surface area contributed by atoms with Crippen molar-refractivity contribution < 1.29 is 38.2 Å². The molecule has 31 heavy (non-hydrogen) atoms. The van der Waals surface area contributed by atoms with E-state index in [1.807, 2.05) is 0 Å². The molecule has 0 aliphatic rings. The molecule has 0 saturated carbocycles. The first-order valence-corrected chi connectivity index (χ1v) is 10.2. The minimum absolute atomic E-state index is 0.0378. The van der Waals surface area contributed by atoms with E-state index in [9.17, 15) is 19.8 Å². The van der Waals surface area contributed by atoms with Gasteiger partial charge in [-0.3, -0.25) is 0 Å². The van der Waals surface area contributed by atoms with Crippen LogP contribution in [-0.2, 0) is 9.47 Å². The van der Waals surface area contributed by atoms with E-state index in [2.05, 4.69) is 17.1 Å². The van der Waals surface area contributed by atoms with Crippen LogP contribution in [0.3, 0.4) is 0 Å². The average Bonchev–Trinajstić information content (AvgIpc) is 2.78. The third kappa shape index (κ3) is 7.60. The van der Waals surface area contributed by atoms with Crippen molar-refractivity contribution in [3.63, 3.8) is 0 Å². The number of benzene rings is 2. The Kier molecular flexibility index (Phi) is 9.83. The fraction of sp³-hybridized carbons (Fsp3) is 0.364. The van der Waals surface area contributed by atoms with Crippen LogP contribution in [0.4, 0.5) is 0 Å². The Morgan fingerprint density at radius 2 is 1.23 bits per heavy atom. The van der Waals surface area contributed by atoms with E-state index >= 15 is 0 Å². The summed E-state index contributed by atoms with van der Waals surface area (Å²) in [6.07, 6.45) is 4.10. The number of ether oxygens (including phenoxy) is 3. The normalized spacial score (nSPS) is 10.4. The van der Waals surface area contributed by atoms with Gasteiger partial charge in [0.15, 0.2) is 23.0 Å². The lowest BCUT2D eigenvalue weighted by Crippen LogP contribution is -2.07. The molecule has 0 spiro atoms. The van der Waals surface area contributed by atoms with Crippen molar-refractivity contribution in [2.75, 3.05) is 20.3 Å². The minimum atomic E-state index is -0.496. The van der Waals surface area contributed by atoms with Gasteiger partial charge < -0.3 is 28.6 Å². The highest BCUT2D eigenvalue weighted by molar-refractivity contribution is 7.75. The predicted octanol–water partition coefficient (Wildman–Crippen LogP) is 4.29. The molecule has 0 unspecified atom stereocenters. The van der Waals surface area contributed by atoms with Gasteiger partial charge in [-0.2, -0.15) is 0 Å². The van der Waals surface area contributed by atoms with Crippen molar-refractivity contribution >= 4 is 24.8 Å². The van der Waals surface area contributed by atoms with Gasteiger partial charge in [-0.25, -0.2) is 9.59 Å². The third-order valence-electron chi connectivity index (χ3n) is 4.46. The third-order valence-corrected chi connectivity index (χ3v) is 4.66. The topological polar surface area (TPSA) is 112 Å². The number of phenolic OH excluding ortho intramolecular Hbond substituents is 2. The summed E-state index contributed by atoms with van der Waals surface area (Å²) in [5.74, 6) is -0.807. The van der Waals surface area contributed by atoms with Gasteiger partial charge in [0.1, 0.15) is 0 Å². The highest BCUT2D eigenvalue weighted by Gasteiger charge is 2.12. The number of hydrogen-bond donors (Lipinski definition) is 3. The van der Waals surface area contributed by atoms with Crippen LogP contribution in [0.5, 0.6) is 23.0 Å². The van der Waals surface area contributed by atoms with Gasteiger partial charge in [0, 0.05) is 19.0 Å². The second kappa shape index (κ2) is 12.6. The Hall–Kier alpha value is -3.07. The van der Waals surface area contributed by atoms with Crippen molar-refractivity contribution in [2.45, 2.75) is 32.1 Å². The maximum atomic E-state index is 12.0. The number of methoxy groups -OCH3 is 1. The number of esters is 2. The summed E-state index contributed by atoms with van der Waals surface area (Å²) in [6.45, 7) is 0.585. The smallest absolute Gasteiger partial charge is 0.338 e. The molecule has 0 amide bonds. The second-order valence-corrected chi connectivity index (χ2v) is 6.88. The molecule has 0 atom stereocenters. The molecule has 0 saturated heterocycles. The molecule has 0 aliphatic heterocycles. The minimum Gasteiger partial charge on any atom is -0.504 e. The van der Waals surface area contributed by atoms with E-state index in [1.54, 1.807) is 0 Å². The summed E-state index contributed by atoms with van der Waals surface area (Å²) in [4.78, 5) is 24.0. The van der Waals surface area contributed by atoms with Crippen molar-refractivity contribution in [3.05, 3.63) is 47.5 Å². The van der Waals surface area contributed by atoms with Crippen molar-refractivity contribution in [1.82, 2.24) is 0 Å². The summed E-state index contributed by atoms with van der Waals surface area (Å²) < 4.78 is 20.1. The summed E-state index contributed by atoms with van der Waals surface area (Å²) in [5, 5.41) is 19.1. The zero-order valence-electron chi connectivity index (χ0n) is 17.2. The van der Waals surface area contributed by atoms with Crippen LogP contribution in [-0.4, -0.2) is 42.5 Å². The predicted molar refractivity (Wildman–Crippen MR) is 116 cm³/mol. The summed E-state index contributed by atoms with van der Waals surface area (Å²) in [6, 6.07) is 8.45. The lowest BCUT2D eigenvalue weighted by Gasteiger charge is -2.08. The van der Waals surface area contributed by atoms with Gasteiger partial charge in [-0.15, -0.1) is 0 Å². The number of aromatic hydroxyl groups is 2. The first kappa shape index (κ1) is 24.2. The quantitative estimate of drug-likeness (QED) is 0.190. The monoisotopic (exact) mass is 450 g/mol. The fourth-order valence-electron chi connectivity index (χ4n) is 2.75. The Morgan fingerprint density at radius 3 is 1.71 bits per heavy atom. The Labute approximate surface area is 186 Å². The first-order chi connectivity index (χ1) is 15.0. The molecular formula is C22H26O8S. The number of rotatable bonds is 12. The molecular weight excluding hydrogens is 424 g/mol. The molecule has 0 heterocycles. The van der Waals surface area contributed by atoms with Gasteiger partial charge in [0.05, 0.1) is 31.5 Å². The summed E-state index contributed by atoms with van der Waals surface area (Å²) in [7, 11) is 1.41. The number of hydrogen-bond acceptors (Lipinski definition) is 9. The molecule has 0 bridgehead atoms. The largest absolute Gasteiger partial charge is 0.504 e. The van der Waals surface area contributed by atoms with E-state index in [1.165, 1.54) is 43.5 Å². The van der Waals surface area contributed by atoms with Gasteiger partial charge >= 0.3 is 11.9 Å². The standard InChI is InChI=1S/C22H26O8S/c1-27-19-13-15(7-9-17(19)23)21(25)28-11-5-3-2-4-6-12-29-22(26)16-8-10-18(24)20(14-16)30-31/h7-10,13-14,23-24,31H,2-6,11-12H2,1H3. The zero-order chi connectivity index (χ0) is 22.6. The van der Waals surface area contributed by atoms with Gasteiger partial charge in [0.25, 0.3) is 0 Å². The molecule has 2 N–H and O–H groups in total. The van der Waals surface area contributed by atoms with Crippen LogP contribution in [0.15, 0.2) is 36.4 Å². The van der Waals surface area contributed by atoms with E-state index in [0.717, 1.165) is 25.7 Å². The van der Waals surface area contributed by atoms with Crippen LogP contribution in [0, 0.1) is 0 Å². The highest BCUT2D eigenvalue weighted by atomic mass is 32.1. The van der Waals surface area contributed by atoms with Crippen LogP contribution in [0.1, 0.15) is 52.8 Å². The van der Waals surface area contributed by atoms with Crippen LogP contribution in [0.2, 0.25) is 0 Å². The molecule has 2 aromatic carbocycles. The summed E-state index contributed by atoms with van der Waals surface area (Å²) in [5.41, 5.74) is 0.591. The lowest BCUT2D eigenvalue weighted by atomic mass is 10.1. The van der Waals surface area contributed by atoms with E-state index in [4.69, 9.17) is 14.2 Å². The van der Waals surface area contributed by atoms with E-state index in [0.29, 0.717) is 18.6 Å². The zero-order valence-corrected chi connectivity index (χ0v) is 18.1. The Balaban J connectivity index is 1.55. The van der Waals surface area contributed by atoms with E-state index in [-0.39, 0.29) is 35.2 Å². The van der Waals surface area contributed by atoms with Gasteiger partial charge in [-0.1, -0.05) is 19.3 Å². The highest BCUT2D eigenvalue weighted by Crippen LogP contribution is 2.28. The number of phenols is 2. The molecule has 0 fully saturated rings. The van der Waals surface area contributed by atoms with Crippen molar-refractivity contribution in [1.29, 1.82) is 0 Å². The number of carbonyl (C=O) groups excluding carboxylic acids is 2. The second-order valence-electron chi connectivity index (χ2n) is 6.70.